The lowest BCUT2D eigenvalue weighted by Crippen LogP contribution is -2.13. The molecule has 2 atom stereocenters. The van der Waals surface area contributed by atoms with Crippen LogP contribution < -0.4 is 5.32 Å². The first-order chi connectivity index (χ1) is 6.33. The molecule has 2 heteroatoms. The molecule has 1 rings (SSSR count). The summed E-state index contributed by atoms with van der Waals surface area (Å²) in [6, 6.07) is 0. The minimum absolute atomic E-state index is 0.581. The monoisotopic (exact) mass is 185 g/mol. The molecule has 1 aliphatic rings. The average molecular weight is 185 g/mol. The SMILES string of the molecule is CNCCC(C)CCC1CCCO1. The molecule has 0 aromatic heterocycles. The lowest BCUT2D eigenvalue weighted by Gasteiger charge is -2.14. The molecule has 1 N–H and O–H groups in total. The Balaban J connectivity index is 1.97. The van der Waals surface area contributed by atoms with Crippen molar-refractivity contribution in [2.75, 3.05) is 20.2 Å². The largest absolute Gasteiger partial charge is 0.378 e. The zero-order valence-electron chi connectivity index (χ0n) is 9.01. The average Bonchev–Trinajstić information content (AvgIpc) is 2.64. The second-order valence-corrected chi connectivity index (χ2v) is 4.21. The number of nitrogens with one attached hydrogen (secondary N) is 1. The van der Waals surface area contributed by atoms with Gasteiger partial charge >= 0.3 is 0 Å². The van der Waals surface area contributed by atoms with Crippen LogP contribution in [0.3, 0.4) is 0 Å². The van der Waals surface area contributed by atoms with Crippen molar-refractivity contribution >= 4 is 0 Å². The van der Waals surface area contributed by atoms with Gasteiger partial charge in [0, 0.05) is 6.61 Å². The molecule has 1 fully saturated rings. The standard InChI is InChI=1S/C11H23NO/c1-10(7-8-12-2)5-6-11-4-3-9-13-11/h10-12H,3-9H2,1-2H3. The molecule has 0 saturated carbocycles. The molecular weight excluding hydrogens is 162 g/mol. The molecule has 1 aliphatic heterocycles. The van der Waals surface area contributed by atoms with Crippen molar-refractivity contribution in [1.82, 2.24) is 5.32 Å². The third kappa shape index (κ3) is 4.63. The molecule has 0 bridgehead atoms. The van der Waals surface area contributed by atoms with Crippen molar-refractivity contribution in [3.05, 3.63) is 0 Å². The molecule has 1 heterocycles. The van der Waals surface area contributed by atoms with Gasteiger partial charge in [-0.2, -0.15) is 0 Å². The zero-order valence-corrected chi connectivity index (χ0v) is 9.01. The lowest BCUT2D eigenvalue weighted by molar-refractivity contribution is 0.0984. The Hall–Kier alpha value is -0.0800. The minimum Gasteiger partial charge on any atom is -0.378 e. The lowest BCUT2D eigenvalue weighted by atomic mass is 9.99. The second-order valence-electron chi connectivity index (χ2n) is 4.21. The van der Waals surface area contributed by atoms with E-state index >= 15 is 0 Å². The topological polar surface area (TPSA) is 21.3 Å². The summed E-state index contributed by atoms with van der Waals surface area (Å²) in [6.45, 7) is 4.48. The Kier molecular flexibility index (Phi) is 5.40. The van der Waals surface area contributed by atoms with Crippen LogP contribution >= 0.6 is 0 Å². The van der Waals surface area contributed by atoms with Crippen molar-refractivity contribution < 1.29 is 4.74 Å². The van der Waals surface area contributed by atoms with E-state index in [1.165, 1.54) is 32.1 Å². The predicted octanol–water partition coefficient (Wildman–Crippen LogP) is 2.19. The van der Waals surface area contributed by atoms with E-state index in [2.05, 4.69) is 12.2 Å². The number of ether oxygens (including phenoxy) is 1. The normalized spacial score (nSPS) is 24.9. The predicted molar refractivity (Wildman–Crippen MR) is 55.9 cm³/mol. The van der Waals surface area contributed by atoms with Crippen molar-refractivity contribution in [3.63, 3.8) is 0 Å². The fourth-order valence-electron chi connectivity index (χ4n) is 1.88. The van der Waals surface area contributed by atoms with Crippen molar-refractivity contribution in [2.45, 2.75) is 45.1 Å². The fourth-order valence-corrected chi connectivity index (χ4v) is 1.88. The van der Waals surface area contributed by atoms with Gasteiger partial charge in [0.25, 0.3) is 0 Å². The van der Waals surface area contributed by atoms with Gasteiger partial charge in [0.05, 0.1) is 6.10 Å². The van der Waals surface area contributed by atoms with Crippen LogP contribution in [0.4, 0.5) is 0 Å². The van der Waals surface area contributed by atoms with Gasteiger partial charge in [-0.25, -0.2) is 0 Å². The van der Waals surface area contributed by atoms with E-state index in [9.17, 15) is 0 Å². The van der Waals surface area contributed by atoms with Crippen LogP contribution in [0.25, 0.3) is 0 Å². The van der Waals surface area contributed by atoms with Crippen molar-refractivity contribution in [2.24, 2.45) is 5.92 Å². The summed E-state index contributed by atoms with van der Waals surface area (Å²) in [4.78, 5) is 0. The maximum absolute atomic E-state index is 5.59. The molecule has 2 unspecified atom stereocenters. The van der Waals surface area contributed by atoms with Crippen LogP contribution in [0.15, 0.2) is 0 Å². The molecule has 0 amide bonds. The van der Waals surface area contributed by atoms with E-state index in [4.69, 9.17) is 4.74 Å². The number of rotatable bonds is 6. The Morgan fingerprint density at radius 1 is 1.46 bits per heavy atom. The minimum atomic E-state index is 0.581. The van der Waals surface area contributed by atoms with Crippen molar-refractivity contribution in [1.29, 1.82) is 0 Å². The first kappa shape index (κ1) is 11.0. The van der Waals surface area contributed by atoms with E-state index in [0.29, 0.717) is 6.10 Å². The first-order valence-electron chi connectivity index (χ1n) is 5.59. The third-order valence-corrected chi connectivity index (χ3v) is 2.89. The second kappa shape index (κ2) is 6.39. The highest BCUT2D eigenvalue weighted by atomic mass is 16.5. The van der Waals surface area contributed by atoms with Crippen molar-refractivity contribution in [3.8, 4) is 0 Å². The number of hydrogen-bond donors (Lipinski definition) is 1. The van der Waals surface area contributed by atoms with Crippen LogP contribution in [-0.4, -0.2) is 26.3 Å². The van der Waals surface area contributed by atoms with Crippen LogP contribution in [-0.2, 0) is 4.74 Å². The molecular formula is C11H23NO. The molecule has 0 aromatic carbocycles. The Bertz CT molecular complexity index is 121. The van der Waals surface area contributed by atoms with Gasteiger partial charge in [-0.05, 0) is 51.6 Å². The quantitative estimate of drug-likeness (QED) is 0.685. The molecule has 0 aromatic rings. The third-order valence-electron chi connectivity index (χ3n) is 2.89. The Morgan fingerprint density at radius 3 is 2.92 bits per heavy atom. The summed E-state index contributed by atoms with van der Waals surface area (Å²) >= 11 is 0. The molecule has 0 aliphatic carbocycles. The highest BCUT2D eigenvalue weighted by Gasteiger charge is 2.15. The number of hydrogen-bond acceptors (Lipinski definition) is 2. The zero-order chi connectivity index (χ0) is 9.52. The van der Waals surface area contributed by atoms with Crippen LogP contribution in [0.2, 0.25) is 0 Å². The van der Waals surface area contributed by atoms with E-state index in [1.54, 1.807) is 0 Å². The Morgan fingerprint density at radius 2 is 2.31 bits per heavy atom. The maximum Gasteiger partial charge on any atom is 0.0576 e. The molecule has 0 spiro atoms. The summed E-state index contributed by atoms with van der Waals surface area (Å²) in [5, 5.41) is 3.20. The van der Waals surface area contributed by atoms with Gasteiger partial charge < -0.3 is 10.1 Å². The van der Waals surface area contributed by atoms with E-state index in [-0.39, 0.29) is 0 Å². The van der Waals surface area contributed by atoms with Gasteiger partial charge in [0.2, 0.25) is 0 Å². The van der Waals surface area contributed by atoms with E-state index < -0.39 is 0 Å². The highest BCUT2D eigenvalue weighted by molar-refractivity contribution is 4.66. The van der Waals surface area contributed by atoms with Crippen LogP contribution in [0.1, 0.15) is 39.0 Å². The Labute approximate surface area is 82.0 Å². The van der Waals surface area contributed by atoms with Crippen LogP contribution in [0.5, 0.6) is 0 Å². The fraction of sp³-hybridized carbons (Fsp3) is 1.00. The summed E-state index contributed by atoms with van der Waals surface area (Å²) in [5.74, 6) is 0.844. The molecule has 78 valence electrons. The van der Waals surface area contributed by atoms with E-state index in [0.717, 1.165) is 19.1 Å². The van der Waals surface area contributed by atoms with Gasteiger partial charge in [0.15, 0.2) is 0 Å². The molecule has 1 saturated heterocycles. The molecule has 0 radical (unpaired) electrons. The summed E-state index contributed by atoms with van der Waals surface area (Å²) in [6.07, 6.45) is 7.03. The summed E-state index contributed by atoms with van der Waals surface area (Å²) < 4.78 is 5.59. The van der Waals surface area contributed by atoms with E-state index in [1.807, 2.05) is 7.05 Å². The summed E-state index contributed by atoms with van der Waals surface area (Å²) in [7, 11) is 2.02. The highest BCUT2D eigenvalue weighted by Crippen LogP contribution is 2.20. The first-order valence-corrected chi connectivity index (χ1v) is 5.59. The van der Waals surface area contributed by atoms with Crippen LogP contribution in [0, 0.1) is 5.92 Å². The van der Waals surface area contributed by atoms with Gasteiger partial charge in [-0.15, -0.1) is 0 Å². The molecule has 2 nitrogen and oxygen atoms in total. The van der Waals surface area contributed by atoms with Gasteiger partial charge in [-0.1, -0.05) is 6.92 Å². The molecule has 13 heavy (non-hydrogen) atoms. The summed E-state index contributed by atoms with van der Waals surface area (Å²) in [5.41, 5.74) is 0. The van der Waals surface area contributed by atoms with Gasteiger partial charge in [-0.3, -0.25) is 0 Å². The maximum atomic E-state index is 5.59. The van der Waals surface area contributed by atoms with Gasteiger partial charge in [0.1, 0.15) is 0 Å². The smallest absolute Gasteiger partial charge is 0.0576 e.